The fraction of sp³-hybridized carbons (Fsp3) is 0.462. The molecule has 2 aromatic rings. The second kappa shape index (κ2) is 10.8. The van der Waals surface area contributed by atoms with Crippen LogP contribution in [-0.4, -0.2) is 79.7 Å². The molecule has 0 unspecified atom stereocenters. The molecule has 1 aromatic carbocycles. The van der Waals surface area contributed by atoms with E-state index in [1.807, 2.05) is 24.3 Å². The first-order valence-corrected chi connectivity index (χ1v) is 11.9. The molecule has 2 amide bonds. The van der Waals surface area contributed by atoms with Gasteiger partial charge in [-0.05, 0) is 17.7 Å². The molecule has 0 saturated carbocycles. The number of carbonyl (C=O) groups excluding carboxylic acids is 3. The van der Waals surface area contributed by atoms with Crippen molar-refractivity contribution in [1.82, 2.24) is 14.4 Å². The van der Waals surface area contributed by atoms with Crippen molar-refractivity contribution < 1.29 is 28.6 Å². The van der Waals surface area contributed by atoms with Crippen LogP contribution in [0.15, 0.2) is 35.1 Å². The highest BCUT2D eigenvalue weighted by Gasteiger charge is 2.30. The van der Waals surface area contributed by atoms with Gasteiger partial charge >= 0.3 is 5.97 Å². The van der Waals surface area contributed by atoms with Gasteiger partial charge in [0, 0.05) is 63.7 Å². The van der Waals surface area contributed by atoms with Crippen LogP contribution < -0.4 is 15.0 Å². The average molecular weight is 498 g/mol. The van der Waals surface area contributed by atoms with Gasteiger partial charge in [0.15, 0.2) is 0 Å². The number of methoxy groups -OCH3 is 2. The topological polar surface area (TPSA) is 107 Å². The van der Waals surface area contributed by atoms with Crippen molar-refractivity contribution in [3.05, 3.63) is 57.5 Å². The maximum Gasteiger partial charge on any atom is 0.343 e. The number of rotatable bonds is 7. The second-order valence-electron chi connectivity index (χ2n) is 9.13. The maximum atomic E-state index is 13.1. The lowest BCUT2D eigenvalue weighted by Crippen LogP contribution is -2.35. The first-order chi connectivity index (χ1) is 17.3. The number of amides is 2. The number of carbonyl (C=O) groups is 3. The van der Waals surface area contributed by atoms with E-state index in [0.29, 0.717) is 43.9 Å². The summed E-state index contributed by atoms with van der Waals surface area (Å²) < 4.78 is 17.7. The summed E-state index contributed by atoms with van der Waals surface area (Å²) in [5.41, 5.74) is 1.20. The molecule has 4 rings (SSSR count). The van der Waals surface area contributed by atoms with Gasteiger partial charge in [0.05, 0.1) is 27.2 Å². The van der Waals surface area contributed by atoms with E-state index in [1.54, 1.807) is 24.0 Å². The van der Waals surface area contributed by atoms with Gasteiger partial charge in [0.1, 0.15) is 17.1 Å². The van der Waals surface area contributed by atoms with Crippen LogP contribution in [0.4, 0.5) is 0 Å². The van der Waals surface area contributed by atoms with Gasteiger partial charge in [-0.3, -0.25) is 14.4 Å². The van der Waals surface area contributed by atoms with Gasteiger partial charge < -0.3 is 28.6 Å². The Balaban J connectivity index is 1.54. The van der Waals surface area contributed by atoms with Crippen LogP contribution in [0, 0.1) is 5.92 Å². The minimum Gasteiger partial charge on any atom is -0.497 e. The lowest BCUT2D eigenvalue weighted by Gasteiger charge is -2.20. The van der Waals surface area contributed by atoms with Crippen LogP contribution in [0.3, 0.4) is 0 Å². The Hall–Kier alpha value is -3.82. The van der Waals surface area contributed by atoms with Gasteiger partial charge in [-0.1, -0.05) is 12.1 Å². The zero-order chi connectivity index (χ0) is 25.8. The number of ether oxygens (including phenoxy) is 3. The van der Waals surface area contributed by atoms with E-state index >= 15 is 0 Å². The third-order valence-corrected chi connectivity index (χ3v) is 6.72. The number of fused-ring (bicyclic) bond motifs is 1. The van der Waals surface area contributed by atoms with E-state index in [9.17, 15) is 19.2 Å². The van der Waals surface area contributed by atoms with Crippen LogP contribution in [-0.2, 0) is 33.7 Å². The monoisotopic (exact) mass is 497 g/mol. The number of pyridine rings is 1. The summed E-state index contributed by atoms with van der Waals surface area (Å²) in [6.07, 6.45) is 0.860. The third kappa shape index (κ3) is 5.37. The summed E-state index contributed by atoms with van der Waals surface area (Å²) in [5.74, 6) is 0.159. The SMILES string of the molecule is COC(=O)c1c(OC[C@@H]2CC(=O)N(C)C2)cc(=O)n2c1CCN(C(=O)Cc1cccc(OC)c1)CC2. The van der Waals surface area contributed by atoms with E-state index in [4.69, 9.17) is 14.2 Å². The first kappa shape index (κ1) is 25.3. The van der Waals surface area contributed by atoms with Crippen molar-refractivity contribution >= 4 is 17.8 Å². The Morgan fingerprint density at radius 3 is 2.58 bits per heavy atom. The smallest absolute Gasteiger partial charge is 0.343 e. The first-order valence-electron chi connectivity index (χ1n) is 11.9. The van der Waals surface area contributed by atoms with Crippen molar-refractivity contribution in [3.8, 4) is 11.5 Å². The van der Waals surface area contributed by atoms with E-state index in [0.717, 1.165) is 5.56 Å². The molecule has 10 nitrogen and oxygen atoms in total. The van der Waals surface area contributed by atoms with Crippen molar-refractivity contribution in [2.45, 2.75) is 25.8 Å². The molecule has 0 spiro atoms. The van der Waals surface area contributed by atoms with Crippen LogP contribution >= 0.6 is 0 Å². The Labute approximate surface area is 209 Å². The summed E-state index contributed by atoms with van der Waals surface area (Å²) in [4.78, 5) is 54.0. The van der Waals surface area contributed by atoms with E-state index in [1.165, 1.54) is 17.7 Å². The molecule has 1 saturated heterocycles. The number of likely N-dealkylation sites (tertiary alicyclic amines) is 1. The largest absolute Gasteiger partial charge is 0.497 e. The van der Waals surface area contributed by atoms with Crippen molar-refractivity contribution in [3.63, 3.8) is 0 Å². The summed E-state index contributed by atoms with van der Waals surface area (Å²) in [6.45, 7) is 1.70. The summed E-state index contributed by atoms with van der Waals surface area (Å²) in [5, 5.41) is 0. The number of benzene rings is 1. The lowest BCUT2D eigenvalue weighted by molar-refractivity contribution is -0.130. The van der Waals surface area contributed by atoms with Gasteiger partial charge in [0.2, 0.25) is 11.8 Å². The van der Waals surface area contributed by atoms with E-state index in [2.05, 4.69) is 0 Å². The molecular weight excluding hydrogens is 466 g/mol. The molecule has 192 valence electrons. The van der Waals surface area contributed by atoms with Gasteiger partial charge in [-0.25, -0.2) is 4.79 Å². The molecule has 36 heavy (non-hydrogen) atoms. The van der Waals surface area contributed by atoms with Crippen LogP contribution in [0.25, 0.3) is 0 Å². The molecule has 1 atom stereocenters. The van der Waals surface area contributed by atoms with Gasteiger partial charge in [-0.15, -0.1) is 0 Å². The minimum absolute atomic E-state index is 0.0284. The lowest BCUT2D eigenvalue weighted by atomic mass is 10.1. The Morgan fingerprint density at radius 1 is 1.08 bits per heavy atom. The zero-order valence-corrected chi connectivity index (χ0v) is 20.8. The summed E-state index contributed by atoms with van der Waals surface area (Å²) in [6, 6.07) is 8.64. The van der Waals surface area contributed by atoms with Crippen molar-refractivity contribution in [2.75, 3.05) is 47.5 Å². The van der Waals surface area contributed by atoms with Crippen molar-refractivity contribution in [1.29, 1.82) is 0 Å². The Kier molecular flexibility index (Phi) is 7.61. The minimum atomic E-state index is -0.607. The molecule has 0 radical (unpaired) electrons. The predicted octanol–water partition coefficient (Wildman–Crippen LogP) is 1.13. The molecule has 1 aromatic heterocycles. The number of nitrogens with zero attached hydrogens (tertiary/aromatic N) is 3. The summed E-state index contributed by atoms with van der Waals surface area (Å²) in [7, 11) is 4.59. The van der Waals surface area contributed by atoms with Crippen LogP contribution in [0.2, 0.25) is 0 Å². The molecule has 0 aliphatic carbocycles. The molecule has 0 bridgehead atoms. The standard InChI is InChI=1S/C26H31N3O7/c1-27-15-18(13-22(27)30)16-36-21-14-24(32)29-10-9-28(8-7-20(29)25(21)26(33)35-3)23(31)12-17-5-4-6-19(11-17)34-2/h4-6,11,14,18H,7-10,12-13,15-16H2,1-3H3/t18-/m1/s1. The fourth-order valence-electron chi connectivity index (χ4n) is 4.78. The number of hydrogen-bond donors (Lipinski definition) is 0. The van der Waals surface area contributed by atoms with Crippen molar-refractivity contribution in [2.24, 2.45) is 5.92 Å². The third-order valence-electron chi connectivity index (χ3n) is 6.72. The maximum absolute atomic E-state index is 13.1. The molecule has 2 aliphatic rings. The molecule has 2 aliphatic heterocycles. The Bertz CT molecular complexity index is 1220. The Morgan fingerprint density at radius 2 is 1.89 bits per heavy atom. The fourth-order valence-corrected chi connectivity index (χ4v) is 4.78. The highest BCUT2D eigenvalue weighted by atomic mass is 16.5. The molecule has 10 heteroatoms. The molecule has 0 N–H and O–H groups in total. The number of esters is 1. The van der Waals surface area contributed by atoms with E-state index < -0.39 is 5.97 Å². The van der Waals surface area contributed by atoms with Crippen LogP contribution in [0.1, 0.15) is 28.0 Å². The zero-order valence-electron chi connectivity index (χ0n) is 20.8. The quantitative estimate of drug-likeness (QED) is 0.528. The normalized spacial score (nSPS) is 17.4. The highest BCUT2D eigenvalue weighted by Crippen LogP contribution is 2.26. The average Bonchev–Trinajstić information content (AvgIpc) is 3.05. The number of aromatic nitrogens is 1. The van der Waals surface area contributed by atoms with Gasteiger partial charge in [-0.2, -0.15) is 0 Å². The highest BCUT2D eigenvalue weighted by molar-refractivity contribution is 5.93. The number of hydrogen-bond acceptors (Lipinski definition) is 7. The predicted molar refractivity (Wildman–Crippen MR) is 130 cm³/mol. The van der Waals surface area contributed by atoms with E-state index in [-0.39, 0.29) is 54.2 Å². The molecular formula is C26H31N3O7. The molecule has 3 heterocycles. The second-order valence-corrected chi connectivity index (χ2v) is 9.13. The van der Waals surface area contributed by atoms with Crippen LogP contribution in [0.5, 0.6) is 11.5 Å². The molecule has 1 fully saturated rings. The summed E-state index contributed by atoms with van der Waals surface area (Å²) >= 11 is 0. The van der Waals surface area contributed by atoms with Gasteiger partial charge in [0.25, 0.3) is 5.56 Å².